The van der Waals surface area contributed by atoms with E-state index in [0.717, 1.165) is 6.42 Å². The van der Waals surface area contributed by atoms with Crippen LogP contribution in [0.5, 0.6) is 0 Å². The molecule has 0 saturated heterocycles. The highest BCUT2D eigenvalue weighted by atomic mass is 19.1. The molecular formula is C13H14FN5O. The zero-order valence-corrected chi connectivity index (χ0v) is 11.0. The molecule has 2 aromatic rings. The molecule has 1 aromatic carbocycles. The second kappa shape index (κ2) is 6.65. The lowest BCUT2D eigenvalue weighted by molar-refractivity contribution is -0.120. The average molecular weight is 275 g/mol. The minimum absolute atomic E-state index is 0.110. The first-order valence-electron chi connectivity index (χ1n) is 6.26. The van der Waals surface area contributed by atoms with Crippen LogP contribution in [0.1, 0.15) is 18.9 Å². The topological polar surface area (TPSA) is 80.7 Å². The SMILES string of the molecule is CCCNC(=O)Cc1cc(F)cc(-c2nncnn2)c1. The van der Waals surface area contributed by atoms with E-state index in [1.54, 1.807) is 6.07 Å². The van der Waals surface area contributed by atoms with Gasteiger partial charge < -0.3 is 5.32 Å². The molecule has 1 amide bonds. The molecule has 1 N–H and O–H groups in total. The summed E-state index contributed by atoms with van der Waals surface area (Å²) >= 11 is 0. The number of hydrogen-bond donors (Lipinski definition) is 1. The molecule has 0 saturated carbocycles. The maximum absolute atomic E-state index is 13.6. The lowest BCUT2D eigenvalue weighted by atomic mass is 10.1. The highest BCUT2D eigenvalue weighted by Gasteiger charge is 2.09. The highest BCUT2D eigenvalue weighted by molar-refractivity contribution is 5.79. The fourth-order valence-electron chi connectivity index (χ4n) is 1.71. The normalized spacial score (nSPS) is 10.3. The molecule has 0 atom stereocenters. The number of benzene rings is 1. The van der Waals surface area contributed by atoms with Gasteiger partial charge in [-0.2, -0.15) is 0 Å². The Balaban J connectivity index is 2.19. The molecule has 0 aliphatic rings. The van der Waals surface area contributed by atoms with Gasteiger partial charge in [0.05, 0.1) is 6.42 Å². The van der Waals surface area contributed by atoms with Crippen LogP contribution in [0.3, 0.4) is 0 Å². The largest absolute Gasteiger partial charge is 0.356 e. The van der Waals surface area contributed by atoms with Crippen molar-refractivity contribution >= 4 is 5.91 Å². The van der Waals surface area contributed by atoms with Crippen molar-refractivity contribution in [2.75, 3.05) is 6.54 Å². The van der Waals surface area contributed by atoms with Gasteiger partial charge in [0.15, 0.2) is 6.33 Å². The van der Waals surface area contributed by atoms with E-state index in [1.807, 2.05) is 6.92 Å². The van der Waals surface area contributed by atoms with Gasteiger partial charge in [-0.05, 0) is 30.2 Å². The quantitative estimate of drug-likeness (QED) is 0.885. The molecule has 0 fully saturated rings. The molecule has 1 aromatic heterocycles. The molecule has 0 aliphatic heterocycles. The van der Waals surface area contributed by atoms with Crippen LogP contribution in [0, 0.1) is 5.82 Å². The van der Waals surface area contributed by atoms with Crippen molar-refractivity contribution in [3.63, 3.8) is 0 Å². The van der Waals surface area contributed by atoms with Gasteiger partial charge >= 0.3 is 0 Å². The van der Waals surface area contributed by atoms with Crippen LogP contribution in [0.4, 0.5) is 4.39 Å². The van der Waals surface area contributed by atoms with Gasteiger partial charge in [-0.25, -0.2) is 4.39 Å². The molecule has 2 rings (SSSR count). The monoisotopic (exact) mass is 275 g/mol. The molecule has 6 nitrogen and oxygen atoms in total. The number of rotatable bonds is 5. The summed E-state index contributed by atoms with van der Waals surface area (Å²) in [5.74, 6) is -0.371. The molecule has 0 unspecified atom stereocenters. The number of halogens is 1. The maximum Gasteiger partial charge on any atom is 0.224 e. The molecule has 0 aliphatic carbocycles. The Bertz CT molecular complexity index is 591. The third kappa shape index (κ3) is 3.78. The van der Waals surface area contributed by atoms with E-state index in [2.05, 4.69) is 25.7 Å². The van der Waals surface area contributed by atoms with Crippen molar-refractivity contribution in [2.45, 2.75) is 19.8 Å². The van der Waals surface area contributed by atoms with Crippen LogP contribution in [0.15, 0.2) is 24.5 Å². The predicted octanol–water partition coefficient (Wildman–Crippen LogP) is 1.14. The van der Waals surface area contributed by atoms with Gasteiger partial charge in [-0.15, -0.1) is 20.4 Å². The average Bonchev–Trinajstić information content (AvgIpc) is 2.45. The van der Waals surface area contributed by atoms with E-state index in [-0.39, 0.29) is 18.2 Å². The lowest BCUT2D eigenvalue weighted by Crippen LogP contribution is -2.25. The molecule has 1 heterocycles. The van der Waals surface area contributed by atoms with Crippen molar-refractivity contribution < 1.29 is 9.18 Å². The second-order valence-corrected chi connectivity index (χ2v) is 4.24. The number of aromatic nitrogens is 4. The molecule has 7 heteroatoms. The third-order valence-electron chi connectivity index (χ3n) is 2.56. The Morgan fingerprint density at radius 2 is 2.00 bits per heavy atom. The molecule has 104 valence electrons. The standard InChI is InChI=1S/C13H14FN5O/c1-2-3-15-12(20)6-9-4-10(7-11(14)5-9)13-18-16-8-17-19-13/h4-5,7-8H,2-3,6H2,1H3,(H,15,20). The number of nitrogens with one attached hydrogen (secondary N) is 1. The molecule has 0 bridgehead atoms. The Morgan fingerprint density at radius 1 is 1.25 bits per heavy atom. The first-order valence-corrected chi connectivity index (χ1v) is 6.26. The fourth-order valence-corrected chi connectivity index (χ4v) is 1.71. The van der Waals surface area contributed by atoms with Crippen LogP contribution >= 0.6 is 0 Å². The van der Waals surface area contributed by atoms with Crippen molar-refractivity contribution in [3.05, 3.63) is 35.9 Å². The minimum Gasteiger partial charge on any atom is -0.356 e. The van der Waals surface area contributed by atoms with Crippen LogP contribution in [0.25, 0.3) is 11.4 Å². The van der Waals surface area contributed by atoms with Crippen molar-refractivity contribution in [3.8, 4) is 11.4 Å². The maximum atomic E-state index is 13.6. The van der Waals surface area contributed by atoms with Gasteiger partial charge in [0.2, 0.25) is 11.7 Å². The Labute approximate surface area is 115 Å². The van der Waals surface area contributed by atoms with Gasteiger partial charge in [-0.1, -0.05) is 6.92 Å². The summed E-state index contributed by atoms with van der Waals surface area (Å²) in [5, 5.41) is 17.5. The number of carbonyl (C=O) groups is 1. The first kappa shape index (κ1) is 14.0. The summed E-state index contributed by atoms with van der Waals surface area (Å²) in [4.78, 5) is 11.6. The van der Waals surface area contributed by atoms with E-state index >= 15 is 0 Å². The van der Waals surface area contributed by atoms with Crippen LogP contribution in [0.2, 0.25) is 0 Å². The molecular weight excluding hydrogens is 261 g/mol. The van der Waals surface area contributed by atoms with E-state index in [1.165, 1.54) is 18.5 Å². The Morgan fingerprint density at radius 3 is 2.70 bits per heavy atom. The van der Waals surface area contributed by atoms with Crippen molar-refractivity contribution in [2.24, 2.45) is 0 Å². The Hall–Kier alpha value is -2.44. The van der Waals surface area contributed by atoms with E-state index in [4.69, 9.17) is 0 Å². The molecule has 0 radical (unpaired) electrons. The Kier molecular flexibility index (Phi) is 4.65. The van der Waals surface area contributed by atoms with Crippen molar-refractivity contribution in [1.29, 1.82) is 0 Å². The van der Waals surface area contributed by atoms with Gasteiger partial charge in [-0.3, -0.25) is 4.79 Å². The fraction of sp³-hybridized carbons (Fsp3) is 0.308. The summed E-state index contributed by atoms with van der Waals surface area (Å²) in [6.45, 7) is 2.57. The van der Waals surface area contributed by atoms with E-state index in [9.17, 15) is 9.18 Å². The van der Waals surface area contributed by atoms with Gasteiger partial charge in [0.1, 0.15) is 5.82 Å². The zero-order chi connectivity index (χ0) is 14.4. The second-order valence-electron chi connectivity index (χ2n) is 4.24. The zero-order valence-electron chi connectivity index (χ0n) is 11.0. The summed E-state index contributed by atoms with van der Waals surface area (Å²) in [5.41, 5.74) is 1.00. The lowest BCUT2D eigenvalue weighted by Gasteiger charge is -2.06. The van der Waals surface area contributed by atoms with Crippen molar-refractivity contribution in [1.82, 2.24) is 25.7 Å². The van der Waals surface area contributed by atoms with Crippen LogP contribution in [-0.2, 0) is 11.2 Å². The smallest absolute Gasteiger partial charge is 0.224 e. The highest BCUT2D eigenvalue weighted by Crippen LogP contribution is 2.17. The first-order chi connectivity index (χ1) is 9.69. The summed E-state index contributed by atoms with van der Waals surface area (Å²) in [6, 6.07) is 4.26. The number of nitrogens with zero attached hydrogens (tertiary/aromatic N) is 4. The van der Waals surface area contributed by atoms with E-state index < -0.39 is 5.82 Å². The molecule has 20 heavy (non-hydrogen) atoms. The van der Waals surface area contributed by atoms with Gasteiger partial charge in [0, 0.05) is 12.1 Å². The number of amides is 1. The number of carbonyl (C=O) groups excluding carboxylic acids is 1. The van der Waals surface area contributed by atoms with Crippen LogP contribution < -0.4 is 5.32 Å². The number of hydrogen-bond acceptors (Lipinski definition) is 5. The third-order valence-corrected chi connectivity index (χ3v) is 2.56. The van der Waals surface area contributed by atoms with E-state index in [0.29, 0.717) is 17.7 Å². The molecule has 0 spiro atoms. The predicted molar refractivity (Wildman–Crippen MR) is 70.0 cm³/mol. The van der Waals surface area contributed by atoms with Gasteiger partial charge in [0.25, 0.3) is 0 Å². The summed E-state index contributed by atoms with van der Waals surface area (Å²) in [7, 11) is 0. The van der Waals surface area contributed by atoms with Crippen LogP contribution in [-0.4, -0.2) is 32.8 Å². The minimum atomic E-state index is -0.451. The summed E-state index contributed by atoms with van der Waals surface area (Å²) < 4.78 is 13.6. The summed E-state index contributed by atoms with van der Waals surface area (Å²) in [6.07, 6.45) is 2.16.